The summed E-state index contributed by atoms with van der Waals surface area (Å²) in [6.07, 6.45) is -2.96. The van der Waals surface area contributed by atoms with Gasteiger partial charge in [0.2, 0.25) is 0 Å². The maximum Gasteiger partial charge on any atom is 0.323 e. The van der Waals surface area contributed by atoms with Crippen LogP contribution in [0.3, 0.4) is 0 Å². The van der Waals surface area contributed by atoms with Gasteiger partial charge in [-0.15, -0.1) is 0 Å². The number of carboxylic acids is 1. The first kappa shape index (κ1) is 16.8. The molecule has 0 spiro atoms. The minimum absolute atomic E-state index is 0.0601. The molecule has 0 aliphatic carbocycles. The summed E-state index contributed by atoms with van der Waals surface area (Å²) in [6, 6.07) is 2.93. The highest BCUT2D eigenvalue weighted by atomic mass is 19.3. The molecule has 1 aromatic carbocycles. The molecule has 0 unspecified atom stereocenters. The van der Waals surface area contributed by atoms with Crippen molar-refractivity contribution in [3.8, 4) is 0 Å². The Bertz CT molecular complexity index is 524. The van der Waals surface area contributed by atoms with E-state index in [2.05, 4.69) is 0 Å². The number of hydrogen-bond acceptors (Lipinski definition) is 5. The number of halogens is 2. The molecule has 0 heterocycles. The predicted molar refractivity (Wildman–Crippen MR) is 69.8 cm³/mol. The summed E-state index contributed by atoms with van der Waals surface area (Å²) >= 11 is 0. The van der Waals surface area contributed by atoms with Crippen LogP contribution < -0.4 is 4.90 Å². The zero-order valence-electron chi connectivity index (χ0n) is 11.2. The smallest absolute Gasteiger partial charge is 0.323 e. The van der Waals surface area contributed by atoms with Gasteiger partial charge < -0.3 is 14.7 Å². The summed E-state index contributed by atoms with van der Waals surface area (Å²) in [5.41, 5.74) is -1.12. The molecule has 7 nitrogen and oxygen atoms in total. The van der Waals surface area contributed by atoms with Gasteiger partial charge in [0.05, 0.1) is 11.5 Å². The second-order valence-corrected chi connectivity index (χ2v) is 4.11. The van der Waals surface area contributed by atoms with E-state index in [1.807, 2.05) is 0 Å². The number of methoxy groups -OCH3 is 1. The molecular weight excluding hydrogens is 290 g/mol. The van der Waals surface area contributed by atoms with Crippen molar-refractivity contribution in [1.82, 2.24) is 0 Å². The minimum Gasteiger partial charge on any atom is -0.480 e. The molecule has 0 aliphatic rings. The SMILES string of the molecule is COCCN(CC(=O)O)c1ccc([N+](=O)[O-])cc1C(F)F. The number of carbonyl (C=O) groups is 1. The maximum atomic E-state index is 13.1. The number of nitro groups is 1. The third-order valence-electron chi connectivity index (χ3n) is 2.69. The molecule has 0 radical (unpaired) electrons. The fourth-order valence-electron chi connectivity index (χ4n) is 1.77. The van der Waals surface area contributed by atoms with Gasteiger partial charge in [0.15, 0.2) is 0 Å². The van der Waals surface area contributed by atoms with Crippen LogP contribution in [-0.4, -0.2) is 42.8 Å². The minimum atomic E-state index is -2.96. The van der Waals surface area contributed by atoms with Crippen LogP contribution in [0.5, 0.6) is 0 Å². The number of carboxylic acid groups (broad SMARTS) is 1. The Labute approximate surface area is 118 Å². The number of benzene rings is 1. The lowest BCUT2D eigenvalue weighted by Gasteiger charge is -2.24. The van der Waals surface area contributed by atoms with E-state index in [0.29, 0.717) is 0 Å². The molecule has 21 heavy (non-hydrogen) atoms. The molecular formula is C12H14F2N2O5. The second-order valence-electron chi connectivity index (χ2n) is 4.11. The van der Waals surface area contributed by atoms with E-state index >= 15 is 0 Å². The lowest BCUT2D eigenvalue weighted by Crippen LogP contribution is -2.33. The first-order valence-electron chi connectivity index (χ1n) is 5.89. The van der Waals surface area contributed by atoms with Crippen LogP contribution in [0.25, 0.3) is 0 Å². The van der Waals surface area contributed by atoms with Gasteiger partial charge in [-0.05, 0) is 6.07 Å². The zero-order chi connectivity index (χ0) is 16.0. The van der Waals surface area contributed by atoms with E-state index in [9.17, 15) is 23.7 Å². The molecule has 0 fully saturated rings. The van der Waals surface area contributed by atoms with Crippen LogP contribution in [0, 0.1) is 10.1 Å². The molecule has 0 saturated carbocycles. The Hall–Kier alpha value is -2.29. The van der Waals surface area contributed by atoms with Gasteiger partial charge in [0, 0.05) is 37.0 Å². The zero-order valence-corrected chi connectivity index (χ0v) is 11.2. The van der Waals surface area contributed by atoms with Crippen molar-refractivity contribution in [1.29, 1.82) is 0 Å². The quantitative estimate of drug-likeness (QED) is 0.584. The number of rotatable bonds is 8. The van der Waals surface area contributed by atoms with Crippen molar-refractivity contribution in [2.45, 2.75) is 6.43 Å². The maximum absolute atomic E-state index is 13.1. The number of ether oxygens (including phenoxy) is 1. The van der Waals surface area contributed by atoms with E-state index in [-0.39, 0.29) is 18.8 Å². The van der Waals surface area contributed by atoms with E-state index in [1.165, 1.54) is 12.0 Å². The fourth-order valence-corrected chi connectivity index (χ4v) is 1.77. The van der Waals surface area contributed by atoms with Gasteiger partial charge in [-0.1, -0.05) is 0 Å². The van der Waals surface area contributed by atoms with E-state index < -0.39 is 35.1 Å². The third-order valence-corrected chi connectivity index (χ3v) is 2.69. The summed E-state index contributed by atoms with van der Waals surface area (Å²) in [6.45, 7) is -0.311. The molecule has 1 N–H and O–H groups in total. The molecule has 9 heteroatoms. The van der Waals surface area contributed by atoms with Gasteiger partial charge in [-0.3, -0.25) is 14.9 Å². The largest absolute Gasteiger partial charge is 0.480 e. The fraction of sp³-hybridized carbons (Fsp3) is 0.417. The van der Waals surface area contributed by atoms with Crippen LogP contribution in [0.4, 0.5) is 20.2 Å². The van der Waals surface area contributed by atoms with Gasteiger partial charge in [0.1, 0.15) is 6.54 Å². The van der Waals surface area contributed by atoms with Crippen molar-refractivity contribution in [2.24, 2.45) is 0 Å². The lowest BCUT2D eigenvalue weighted by atomic mass is 10.1. The molecule has 0 aliphatic heterocycles. The molecule has 1 rings (SSSR count). The van der Waals surface area contributed by atoms with Gasteiger partial charge in [-0.25, -0.2) is 8.78 Å². The summed E-state index contributed by atoms with van der Waals surface area (Å²) in [5.74, 6) is -1.20. The van der Waals surface area contributed by atoms with E-state index in [4.69, 9.17) is 9.84 Å². The van der Waals surface area contributed by atoms with Crippen molar-refractivity contribution in [3.05, 3.63) is 33.9 Å². The van der Waals surface area contributed by atoms with Crippen molar-refractivity contribution >= 4 is 17.3 Å². The third kappa shape index (κ3) is 4.63. The highest BCUT2D eigenvalue weighted by Gasteiger charge is 2.22. The van der Waals surface area contributed by atoms with Crippen LogP contribution in [0.2, 0.25) is 0 Å². The van der Waals surface area contributed by atoms with Gasteiger partial charge in [-0.2, -0.15) is 0 Å². The number of non-ortho nitro benzene ring substituents is 1. The summed E-state index contributed by atoms with van der Waals surface area (Å²) in [5, 5.41) is 19.5. The Morgan fingerprint density at radius 3 is 2.67 bits per heavy atom. The van der Waals surface area contributed by atoms with E-state index in [1.54, 1.807) is 0 Å². The molecule has 1 aromatic rings. The number of nitro benzene ring substituents is 1. The summed E-state index contributed by atoms with van der Waals surface area (Å²) < 4.78 is 30.9. The average Bonchev–Trinajstić information content (AvgIpc) is 2.42. The average molecular weight is 304 g/mol. The van der Waals surface area contributed by atoms with Crippen LogP contribution in [0.15, 0.2) is 18.2 Å². The molecule has 0 saturated heterocycles. The predicted octanol–water partition coefficient (Wildman–Crippen LogP) is 2.07. The molecule has 0 amide bonds. The monoisotopic (exact) mass is 304 g/mol. The highest BCUT2D eigenvalue weighted by molar-refractivity contribution is 5.74. The molecule has 116 valence electrons. The standard InChI is InChI=1S/C12H14F2N2O5/c1-21-5-4-15(7-11(17)18)10-3-2-8(16(19)20)6-9(10)12(13)14/h2-3,6,12H,4-5,7H2,1H3,(H,17,18). The van der Waals surface area contributed by atoms with Gasteiger partial charge in [0.25, 0.3) is 12.1 Å². The van der Waals surface area contributed by atoms with E-state index in [0.717, 1.165) is 18.2 Å². The molecule has 0 aromatic heterocycles. The highest BCUT2D eigenvalue weighted by Crippen LogP contribution is 2.33. The molecule has 0 bridgehead atoms. The van der Waals surface area contributed by atoms with Crippen LogP contribution in [-0.2, 0) is 9.53 Å². The second kappa shape index (κ2) is 7.48. The topological polar surface area (TPSA) is 92.9 Å². The Balaban J connectivity index is 3.21. The first-order valence-corrected chi connectivity index (χ1v) is 5.89. The Morgan fingerprint density at radius 1 is 1.52 bits per heavy atom. The summed E-state index contributed by atoms with van der Waals surface area (Å²) in [4.78, 5) is 21.9. The van der Waals surface area contributed by atoms with Crippen LogP contribution in [0.1, 0.15) is 12.0 Å². The van der Waals surface area contributed by atoms with Crippen LogP contribution >= 0.6 is 0 Å². The summed E-state index contributed by atoms with van der Waals surface area (Å²) in [7, 11) is 1.39. The van der Waals surface area contributed by atoms with Gasteiger partial charge >= 0.3 is 5.97 Å². The molecule has 0 atom stereocenters. The Morgan fingerprint density at radius 2 is 2.19 bits per heavy atom. The number of alkyl halides is 2. The lowest BCUT2D eigenvalue weighted by molar-refractivity contribution is -0.385. The normalized spacial score (nSPS) is 10.7. The van der Waals surface area contributed by atoms with Crippen molar-refractivity contribution in [2.75, 3.05) is 31.7 Å². The number of anilines is 1. The van der Waals surface area contributed by atoms with Crippen molar-refractivity contribution < 1.29 is 28.3 Å². The number of nitrogens with zero attached hydrogens (tertiary/aromatic N) is 2. The number of aliphatic carboxylic acids is 1. The van der Waals surface area contributed by atoms with Crippen molar-refractivity contribution in [3.63, 3.8) is 0 Å². The first-order chi connectivity index (χ1) is 9.86. The Kier molecular flexibility index (Phi) is 5.97. The number of hydrogen-bond donors (Lipinski definition) is 1.